The number of nitro groups is 1. The monoisotopic (exact) mass is 521 g/mol. The van der Waals surface area contributed by atoms with Gasteiger partial charge in [0.05, 0.1) is 20.8 Å². The van der Waals surface area contributed by atoms with Gasteiger partial charge in [0.25, 0.3) is 5.91 Å². The van der Waals surface area contributed by atoms with Crippen LogP contribution >= 0.6 is 15.9 Å². The van der Waals surface area contributed by atoms with E-state index in [-0.39, 0.29) is 37.0 Å². The first-order valence-corrected chi connectivity index (χ1v) is 10.5. The Morgan fingerprint density at radius 1 is 1.24 bits per heavy atom. The van der Waals surface area contributed by atoms with Crippen LogP contribution in [0, 0.1) is 24.0 Å². The van der Waals surface area contributed by atoms with Crippen LogP contribution < -0.4 is 15.4 Å². The molecular weight excluding hydrogens is 502 g/mol. The number of hydrogen-bond donors (Lipinski definition) is 2. The Labute approximate surface area is 195 Å². The van der Waals surface area contributed by atoms with Gasteiger partial charge in [0, 0.05) is 19.2 Å². The van der Waals surface area contributed by atoms with Crippen molar-refractivity contribution >= 4 is 33.4 Å². The molecule has 2 amide bonds. The molecule has 3 aromatic rings. The number of amides is 2. The smallest absolute Gasteiger partial charge is 0.316 e. The van der Waals surface area contributed by atoms with Gasteiger partial charge in [-0.2, -0.15) is 10.1 Å². The molecule has 0 aliphatic rings. The quantitative estimate of drug-likeness (QED) is 0.228. The zero-order valence-electron chi connectivity index (χ0n) is 17.7. The first-order valence-electron chi connectivity index (χ1n) is 9.69. The molecule has 174 valence electrons. The molecular formula is C19H20BrN7O6. The molecule has 14 heteroatoms. The lowest BCUT2D eigenvalue weighted by Gasteiger charge is -2.08. The van der Waals surface area contributed by atoms with E-state index in [2.05, 4.69) is 41.8 Å². The molecule has 0 bridgehead atoms. The van der Waals surface area contributed by atoms with Crippen molar-refractivity contribution in [2.24, 2.45) is 0 Å². The number of carbonyl (C=O) groups excluding carboxylic acids is 2. The van der Waals surface area contributed by atoms with E-state index < -0.39 is 23.3 Å². The Kier molecular flexibility index (Phi) is 7.71. The first kappa shape index (κ1) is 23.8. The summed E-state index contributed by atoms with van der Waals surface area (Å²) in [5, 5.41) is 24.1. The minimum Gasteiger partial charge on any atom is -0.477 e. The lowest BCUT2D eigenvalue weighted by Crippen LogP contribution is -2.36. The number of nitrogens with one attached hydrogen (secondary N) is 2. The summed E-state index contributed by atoms with van der Waals surface area (Å²) >= 11 is 3.44. The minimum atomic E-state index is -0.595. The van der Waals surface area contributed by atoms with Crippen molar-refractivity contribution in [3.63, 3.8) is 0 Å². The van der Waals surface area contributed by atoms with Crippen LogP contribution in [0.1, 0.15) is 27.9 Å². The highest BCUT2D eigenvalue weighted by Crippen LogP contribution is 2.25. The van der Waals surface area contributed by atoms with Crippen LogP contribution in [0.4, 0.5) is 5.69 Å². The van der Waals surface area contributed by atoms with Crippen LogP contribution in [0.2, 0.25) is 0 Å². The average Bonchev–Trinajstić information content (AvgIpc) is 3.36. The minimum absolute atomic E-state index is 0.00836. The van der Waals surface area contributed by atoms with Gasteiger partial charge in [-0.3, -0.25) is 24.4 Å². The molecule has 2 aromatic heterocycles. The highest BCUT2D eigenvalue weighted by atomic mass is 79.9. The fourth-order valence-corrected chi connectivity index (χ4v) is 3.04. The number of aromatic nitrogens is 4. The molecule has 1 aromatic carbocycles. The zero-order chi connectivity index (χ0) is 24.0. The van der Waals surface area contributed by atoms with Crippen molar-refractivity contribution < 1.29 is 23.8 Å². The normalized spacial score (nSPS) is 10.6. The number of aryl methyl sites for hydroxylation is 1. The third-order valence-corrected chi connectivity index (χ3v) is 5.55. The summed E-state index contributed by atoms with van der Waals surface area (Å²) in [4.78, 5) is 38.4. The van der Waals surface area contributed by atoms with Crippen LogP contribution in [-0.4, -0.2) is 56.4 Å². The number of carbonyl (C=O) groups is 2. The second-order valence-electron chi connectivity index (χ2n) is 6.78. The highest BCUT2D eigenvalue weighted by molar-refractivity contribution is 9.10. The van der Waals surface area contributed by atoms with Gasteiger partial charge in [0.1, 0.15) is 6.54 Å². The molecule has 0 radical (unpaired) electrons. The Bertz CT molecular complexity index is 1180. The maximum atomic E-state index is 12.2. The lowest BCUT2D eigenvalue weighted by atomic mass is 10.3. The summed E-state index contributed by atoms with van der Waals surface area (Å²) in [6.07, 6.45) is 0. The molecule has 0 saturated carbocycles. The van der Waals surface area contributed by atoms with Crippen LogP contribution in [0.25, 0.3) is 0 Å². The third kappa shape index (κ3) is 6.12. The fraction of sp³-hybridized carbons (Fsp3) is 0.316. The largest absolute Gasteiger partial charge is 0.477 e. The summed E-state index contributed by atoms with van der Waals surface area (Å²) < 4.78 is 12.8. The van der Waals surface area contributed by atoms with Crippen LogP contribution in [0.15, 0.2) is 33.3 Å². The number of para-hydroxylation sites is 2. The topological polar surface area (TPSA) is 167 Å². The summed E-state index contributed by atoms with van der Waals surface area (Å²) in [5.74, 6) is -1.02. The molecule has 33 heavy (non-hydrogen) atoms. The van der Waals surface area contributed by atoms with Gasteiger partial charge in [0.2, 0.25) is 0 Å². The van der Waals surface area contributed by atoms with E-state index in [1.807, 2.05) is 13.8 Å². The second-order valence-corrected chi connectivity index (χ2v) is 7.57. The zero-order valence-corrected chi connectivity index (χ0v) is 19.3. The Morgan fingerprint density at radius 3 is 2.67 bits per heavy atom. The fourth-order valence-electron chi connectivity index (χ4n) is 2.75. The summed E-state index contributed by atoms with van der Waals surface area (Å²) in [6, 6.07) is 5.74. The third-order valence-electron chi connectivity index (χ3n) is 4.40. The molecule has 0 aliphatic carbocycles. The maximum Gasteiger partial charge on any atom is 0.316 e. The molecule has 2 heterocycles. The van der Waals surface area contributed by atoms with Crippen LogP contribution in [0.5, 0.6) is 5.75 Å². The van der Waals surface area contributed by atoms with E-state index in [4.69, 9.17) is 9.26 Å². The van der Waals surface area contributed by atoms with Crippen molar-refractivity contribution in [3.8, 4) is 5.75 Å². The summed E-state index contributed by atoms with van der Waals surface area (Å²) in [5.41, 5.74) is 1.48. The second kappa shape index (κ2) is 10.7. The van der Waals surface area contributed by atoms with Gasteiger partial charge < -0.3 is 19.9 Å². The van der Waals surface area contributed by atoms with Crippen LogP contribution in [-0.2, 0) is 11.3 Å². The molecule has 0 atom stereocenters. The van der Waals surface area contributed by atoms with Crippen molar-refractivity contribution in [1.82, 2.24) is 30.6 Å². The van der Waals surface area contributed by atoms with E-state index in [9.17, 15) is 19.7 Å². The Morgan fingerprint density at radius 2 is 1.97 bits per heavy atom. The van der Waals surface area contributed by atoms with E-state index in [1.165, 1.54) is 18.2 Å². The molecule has 13 nitrogen and oxygen atoms in total. The summed E-state index contributed by atoms with van der Waals surface area (Å²) in [7, 11) is 0. The van der Waals surface area contributed by atoms with E-state index >= 15 is 0 Å². The van der Waals surface area contributed by atoms with Gasteiger partial charge in [0.15, 0.2) is 18.2 Å². The number of benzene rings is 1. The van der Waals surface area contributed by atoms with Gasteiger partial charge in [-0.15, -0.1) is 0 Å². The van der Waals surface area contributed by atoms with Gasteiger partial charge in [-0.25, -0.2) is 0 Å². The number of nitrogens with zero attached hydrogens (tertiary/aromatic N) is 5. The van der Waals surface area contributed by atoms with E-state index in [1.54, 1.807) is 10.7 Å². The molecule has 0 unspecified atom stereocenters. The molecule has 0 spiro atoms. The van der Waals surface area contributed by atoms with E-state index in [0.29, 0.717) is 5.82 Å². The summed E-state index contributed by atoms with van der Waals surface area (Å²) in [6.45, 7) is 3.78. The molecule has 0 aliphatic heterocycles. The van der Waals surface area contributed by atoms with Crippen molar-refractivity contribution in [2.75, 3.05) is 19.7 Å². The lowest BCUT2D eigenvalue weighted by molar-refractivity contribution is -0.385. The predicted molar refractivity (Wildman–Crippen MR) is 117 cm³/mol. The number of hydrogen-bond acceptors (Lipinski definition) is 9. The average molecular weight is 522 g/mol. The SMILES string of the molecule is Cc1nn(Cc2noc(C(=O)NCCNC(=O)COc3ccccc3[N+](=O)[O-])n2)c(C)c1Br. The van der Waals surface area contributed by atoms with Crippen LogP contribution in [0.3, 0.4) is 0 Å². The Balaban J connectivity index is 1.40. The predicted octanol–water partition coefficient (Wildman–Crippen LogP) is 1.53. The molecule has 0 saturated heterocycles. The van der Waals surface area contributed by atoms with Gasteiger partial charge >= 0.3 is 17.5 Å². The van der Waals surface area contributed by atoms with Crippen molar-refractivity contribution in [3.05, 3.63) is 62.0 Å². The number of rotatable bonds is 10. The standard InChI is InChI=1S/C19H20BrN7O6/c1-11-17(20)12(2)26(24-11)9-15-23-19(33-25-15)18(29)22-8-7-21-16(28)10-32-14-6-4-3-5-13(14)27(30)31/h3-6H,7-10H2,1-2H3,(H,21,28)(H,22,29). The number of nitro benzene ring substituents is 1. The van der Waals surface area contributed by atoms with E-state index in [0.717, 1.165) is 15.9 Å². The molecule has 2 N–H and O–H groups in total. The molecule has 0 fully saturated rings. The van der Waals surface area contributed by atoms with Gasteiger partial charge in [-0.05, 0) is 35.8 Å². The number of halogens is 1. The Hall–Kier alpha value is -3.81. The van der Waals surface area contributed by atoms with Crippen molar-refractivity contribution in [1.29, 1.82) is 0 Å². The maximum absolute atomic E-state index is 12.2. The first-order chi connectivity index (χ1) is 15.8. The van der Waals surface area contributed by atoms with Crippen molar-refractivity contribution in [2.45, 2.75) is 20.4 Å². The van der Waals surface area contributed by atoms with Gasteiger partial charge in [-0.1, -0.05) is 17.3 Å². The highest BCUT2D eigenvalue weighted by Gasteiger charge is 2.18. The molecule has 3 rings (SSSR count). The number of ether oxygens (including phenoxy) is 1.